The highest BCUT2D eigenvalue weighted by Crippen LogP contribution is 2.17. The van der Waals surface area contributed by atoms with Gasteiger partial charge in [0.2, 0.25) is 0 Å². The lowest BCUT2D eigenvalue weighted by atomic mass is 9.96. The van der Waals surface area contributed by atoms with Gasteiger partial charge in [0.1, 0.15) is 0 Å². The SMILES string of the molecule is CCC1CN(CCC(C)C)C(C(C)C)CN1. The second-order valence-corrected chi connectivity index (χ2v) is 6.00. The second kappa shape index (κ2) is 6.61. The predicted octanol–water partition coefficient (Wildman–Crippen LogP) is 2.74. The fourth-order valence-corrected chi connectivity index (χ4v) is 2.51. The molecule has 2 unspecified atom stereocenters. The topological polar surface area (TPSA) is 15.3 Å². The van der Waals surface area contributed by atoms with Crippen molar-refractivity contribution < 1.29 is 0 Å². The van der Waals surface area contributed by atoms with E-state index in [4.69, 9.17) is 0 Å². The van der Waals surface area contributed by atoms with Gasteiger partial charge in [0.05, 0.1) is 0 Å². The van der Waals surface area contributed by atoms with Crippen molar-refractivity contribution in [2.24, 2.45) is 11.8 Å². The first-order chi connectivity index (χ1) is 7.54. The van der Waals surface area contributed by atoms with Crippen LogP contribution in [-0.4, -0.2) is 36.6 Å². The summed E-state index contributed by atoms with van der Waals surface area (Å²) in [6, 6.07) is 1.45. The molecular formula is C14H30N2. The fraction of sp³-hybridized carbons (Fsp3) is 1.00. The van der Waals surface area contributed by atoms with E-state index >= 15 is 0 Å². The zero-order chi connectivity index (χ0) is 12.1. The number of nitrogens with zero attached hydrogens (tertiary/aromatic N) is 1. The van der Waals surface area contributed by atoms with Gasteiger partial charge in [-0.15, -0.1) is 0 Å². The second-order valence-electron chi connectivity index (χ2n) is 6.00. The Labute approximate surface area is 102 Å². The summed E-state index contributed by atoms with van der Waals surface area (Å²) in [6.45, 7) is 15.3. The van der Waals surface area contributed by atoms with Gasteiger partial charge in [0, 0.05) is 25.2 Å². The molecule has 1 aliphatic heterocycles. The van der Waals surface area contributed by atoms with Crippen LogP contribution in [0.4, 0.5) is 0 Å². The minimum absolute atomic E-state index is 0.710. The summed E-state index contributed by atoms with van der Waals surface area (Å²) in [5.74, 6) is 1.58. The Balaban J connectivity index is 2.50. The summed E-state index contributed by atoms with van der Waals surface area (Å²) in [5, 5.41) is 3.68. The van der Waals surface area contributed by atoms with Crippen molar-refractivity contribution in [3.8, 4) is 0 Å². The molecule has 1 N–H and O–H groups in total. The van der Waals surface area contributed by atoms with Crippen LogP contribution in [0.2, 0.25) is 0 Å². The van der Waals surface area contributed by atoms with Crippen LogP contribution in [0.3, 0.4) is 0 Å². The van der Waals surface area contributed by atoms with Crippen LogP contribution >= 0.6 is 0 Å². The van der Waals surface area contributed by atoms with Crippen molar-refractivity contribution in [2.45, 2.75) is 59.5 Å². The monoisotopic (exact) mass is 226 g/mol. The lowest BCUT2D eigenvalue weighted by Gasteiger charge is -2.42. The molecule has 1 heterocycles. The Bertz CT molecular complexity index is 189. The van der Waals surface area contributed by atoms with Crippen LogP contribution in [0.25, 0.3) is 0 Å². The molecule has 2 heteroatoms. The van der Waals surface area contributed by atoms with Crippen LogP contribution < -0.4 is 5.32 Å². The Hall–Kier alpha value is -0.0800. The molecule has 0 spiro atoms. The molecule has 2 nitrogen and oxygen atoms in total. The lowest BCUT2D eigenvalue weighted by molar-refractivity contribution is 0.0923. The molecule has 0 radical (unpaired) electrons. The Kier molecular flexibility index (Phi) is 5.77. The van der Waals surface area contributed by atoms with E-state index in [-0.39, 0.29) is 0 Å². The molecule has 0 amide bonds. The van der Waals surface area contributed by atoms with Gasteiger partial charge in [-0.2, -0.15) is 0 Å². The van der Waals surface area contributed by atoms with Gasteiger partial charge >= 0.3 is 0 Å². The quantitative estimate of drug-likeness (QED) is 0.775. The molecule has 0 bridgehead atoms. The van der Waals surface area contributed by atoms with E-state index in [0.29, 0.717) is 6.04 Å². The minimum Gasteiger partial charge on any atom is -0.311 e. The Morgan fingerprint density at radius 2 is 1.94 bits per heavy atom. The molecule has 2 atom stereocenters. The molecule has 0 aromatic rings. The van der Waals surface area contributed by atoms with E-state index in [1.807, 2.05) is 0 Å². The molecule has 1 aliphatic rings. The average Bonchev–Trinajstić information content (AvgIpc) is 2.25. The summed E-state index contributed by atoms with van der Waals surface area (Å²) >= 11 is 0. The van der Waals surface area contributed by atoms with Crippen molar-refractivity contribution in [1.29, 1.82) is 0 Å². The average molecular weight is 226 g/mol. The first-order valence-corrected chi connectivity index (χ1v) is 7.02. The van der Waals surface area contributed by atoms with Crippen LogP contribution in [0.15, 0.2) is 0 Å². The first kappa shape index (κ1) is 14.0. The fourth-order valence-electron chi connectivity index (χ4n) is 2.51. The van der Waals surface area contributed by atoms with E-state index in [0.717, 1.165) is 17.9 Å². The third-order valence-corrected chi connectivity index (χ3v) is 3.80. The van der Waals surface area contributed by atoms with Gasteiger partial charge in [-0.1, -0.05) is 34.6 Å². The van der Waals surface area contributed by atoms with Crippen LogP contribution in [0.5, 0.6) is 0 Å². The van der Waals surface area contributed by atoms with Crippen molar-refractivity contribution >= 4 is 0 Å². The zero-order valence-electron chi connectivity index (χ0n) is 11.8. The van der Waals surface area contributed by atoms with Gasteiger partial charge in [0.25, 0.3) is 0 Å². The van der Waals surface area contributed by atoms with E-state index in [1.165, 1.54) is 32.5 Å². The van der Waals surface area contributed by atoms with Gasteiger partial charge in [-0.25, -0.2) is 0 Å². The summed E-state index contributed by atoms with van der Waals surface area (Å²) in [7, 11) is 0. The van der Waals surface area contributed by atoms with E-state index in [9.17, 15) is 0 Å². The maximum Gasteiger partial charge on any atom is 0.0244 e. The van der Waals surface area contributed by atoms with Gasteiger partial charge in [-0.05, 0) is 31.2 Å². The zero-order valence-corrected chi connectivity index (χ0v) is 11.8. The van der Waals surface area contributed by atoms with Gasteiger partial charge < -0.3 is 5.32 Å². The third kappa shape index (κ3) is 4.06. The molecule has 0 aliphatic carbocycles. The number of hydrogen-bond donors (Lipinski definition) is 1. The molecule has 1 saturated heterocycles. The van der Waals surface area contributed by atoms with Gasteiger partial charge in [-0.3, -0.25) is 4.90 Å². The summed E-state index contributed by atoms with van der Waals surface area (Å²) < 4.78 is 0. The number of hydrogen-bond acceptors (Lipinski definition) is 2. The van der Waals surface area contributed by atoms with Crippen molar-refractivity contribution in [2.75, 3.05) is 19.6 Å². The lowest BCUT2D eigenvalue weighted by Crippen LogP contribution is -2.58. The maximum absolute atomic E-state index is 3.68. The van der Waals surface area contributed by atoms with E-state index in [1.54, 1.807) is 0 Å². The largest absolute Gasteiger partial charge is 0.311 e. The molecule has 0 aromatic carbocycles. The molecule has 1 rings (SSSR count). The number of nitrogens with one attached hydrogen (secondary N) is 1. The molecule has 96 valence electrons. The summed E-state index contributed by atoms with van der Waals surface area (Å²) in [4.78, 5) is 2.72. The Morgan fingerprint density at radius 3 is 2.44 bits per heavy atom. The van der Waals surface area contributed by atoms with Crippen molar-refractivity contribution in [1.82, 2.24) is 10.2 Å². The summed E-state index contributed by atoms with van der Waals surface area (Å²) in [5.41, 5.74) is 0. The standard InChI is InChI=1S/C14H30N2/c1-6-13-10-16(8-7-11(2)3)14(9-15-13)12(4)5/h11-15H,6-10H2,1-5H3. The highest BCUT2D eigenvalue weighted by Gasteiger charge is 2.28. The summed E-state index contributed by atoms with van der Waals surface area (Å²) in [6.07, 6.45) is 2.59. The Morgan fingerprint density at radius 1 is 1.25 bits per heavy atom. The van der Waals surface area contributed by atoms with Crippen LogP contribution in [0, 0.1) is 11.8 Å². The smallest absolute Gasteiger partial charge is 0.0244 e. The minimum atomic E-state index is 0.710. The molecule has 0 saturated carbocycles. The normalized spacial score (nSPS) is 27.9. The molecule has 1 fully saturated rings. The highest BCUT2D eigenvalue weighted by atomic mass is 15.2. The first-order valence-electron chi connectivity index (χ1n) is 7.02. The van der Waals surface area contributed by atoms with Crippen LogP contribution in [0.1, 0.15) is 47.5 Å². The van der Waals surface area contributed by atoms with Crippen LogP contribution in [-0.2, 0) is 0 Å². The van der Waals surface area contributed by atoms with Crippen molar-refractivity contribution in [3.63, 3.8) is 0 Å². The molecule has 0 aromatic heterocycles. The number of rotatable bonds is 5. The van der Waals surface area contributed by atoms with Gasteiger partial charge in [0.15, 0.2) is 0 Å². The predicted molar refractivity (Wildman–Crippen MR) is 71.7 cm³/mol. The van der Waals surface area contributed by atoms with E-state index in [2.05, 4.69) is 44.8 Å². The molecule has 16 heavy (non-hydrogen) atoms. The third-order valence-electron chi connectivity index (χ3n) is 3.80. The van der Waals surface area contributed by atoms with E-state index < -0.39 is 0 Å². The number of piperazine rings is 1. The molecular weight excluding hydrogens is 196 g/mol. The maximum atomic E-state index is 3.68. The van der Waals surface area contributed by atoms with Crippen molar-refractivity contribution in [3.05, 3.63) is 0 Å². The highest BCUT2D eigenvalue weighted by molar-refractivity contribution is 4.87.